The number of aromatic amines is 1. The number of rotatable bonds is 1. The third-order valence-electron chi connectivity index (χ3n) is 4.25. The molecule has 1 aromatic heterocycles. The summed E-state index contributed by atoms with van der Waals surface area (Å²) in [5.74, 6) is 0.119. The summed E-state index contributed by atoms with van der Waals surface area (Å²) in [4.78, 5) is 14.2. The van der Waals surface area contributed by atoms with E-state index in [1.54, 1.807) is 12.1 Å². The van der Waals surface area contributed by atoms with Gasteiger partial charge >= 0.3 is 0 Å². The summed E-state index contributed by atoms with van der Waals surface area (Å²) in [5, 5.41) is 22.6. The summed E-state index contributed by atoms with van der Waals surface area (Å²) < 4.78 is 0. The largest absolute Gasteiger partial charge is 0.507 e. The van der Waals surface area contributed by atoms with E-state index in [2.05, 4.69) is 4.98 Å². The van der Waals surface area contributed by atoms with Crippen molar-refractivity contribution in [3.8, 4) is 11.6 Å². The van der Waals surface area contributed by atoms with Crippen molar-refractivity contribution in [2.75, 3.05) is 0 Å². The topological polar surface area (TPSA) is 73.3 Å². The van der Waals surface area contributed by atoms with Crippen LogP contribution in [0, 0.1) is 0 Å². The molecule has 4 rings (SSSR count). The average Bonchev–Trinajstić information content (AvgIpc) is 2.57. The lowest BCUT2D eigenvalue weighted by Gasteiger charge is -2.08. The fraction of sp³-hybridized carbons (Fsp3) is 0.0500. The van der Waals surface area contributed by atoms with Crippen LogP contribution in [-0.4, -0.2) is 15.2 Å². The molecule has 1 heterocycles. The van der Waals surface area contributed by atoms with Gasteiger partial charge in [0.25, 0.3) is 5.56 Å². The summed E-state index contributed by atoms with van der Waals surface area (Å²) in [5.41, 5.74) is 1.75. The number of hydrogen-bond acceptors (Lipinski definition) is 3. The molecule has 0 radical (unpaired) electrons. The standard InChI is InChI=1S/C20H15NO3/c22-18-8-6-13(15-3-1-2-4-17(15)18)9-12-5-7-16-14(10-12)11-19(23)21-20(16)24/h1-4,6-11,22-23H,5H2,(H,21,24). The first-order valence-electron chi connectivity index (χ1n) is 7.67. The second kappa shape index (κ2) is 5.42. The lowest BCUT2D eigenvalue weighted by Crippen LogP contribution is -2.41. The zero-order valence-electron chi connectivity index (χ0n) is 12.8. The zero-order valence-corrected chi connectivity index (χ0v) is 12.8. The van der Waals surface area contributed by atoms with Gasteiger partial charge in [-0.1, -0.05) is 48.6 Å². The van der Waals surface area contributed by atoms with Crippen molar-refractivity contribution < 1.29 is 10.2 Å². The molecule has 118 valence electrons. The van der Waals surface area contributed by atoms with Crippen LogP contribution in [0.5, 0.6) is 11.6 Å². The Kier molecular flexibility index (Phi) is 3.24. The van der Waals surface area contributed by atoms with Crippen LogP contribution in [0.3, 0.4) is 0 Å². The molecule has 0 bridgehead atoms. The molecule has 0 amide bonds. The maximum absolute atomic E-state index is 11.8. The van der Waals surface area contributed by atoms with E-state index in [0.717, 1.165) is 21.9 Å². The number of aromatic hydroxyl groups is 2. The molecule has 0 fully saturated rings. The molecule has 0 saturated carbocycles. The van der Waals surface area contributed by atoms with Crippen molar-refractivity contribution in [1.29, 1.82) is 0 Å². The van der Waals surface area contributed by atoms with Crippen LogP contribution in [0.1, 0.15) is 12.0 Å². The monoisotopic (exact) mass is 317 g/mol. The molecule has 3 N–H and O–H groups in total. The second-order valence-corrected chi connectivity index (χ2v) is 5.84. The van der Waals surface area contributed by atoms with E-state index in [0.29, 0.717) is 16.9 Å². The molecule has 0 aliphatic heterocycles. The number of aromatic nitrogens is 1. The van der Waals surface area contributed by atoms with E-state index >= 15 is 0 Å². The normalized spacial score (nSPS) is 14.9. The van der Waals surface area contributed by atoms with E-state index in [1.165, 1.54) is 0 Å². The van der Waals surface area contributed by atoms with E-state index in [4.69, 9.17) is 0 Å². The van der Waals surface area contributed by atoms with Crippen molar-refractivity contribution >= 4 is 29.0 Å². The van der Waals surface area contributed by atoms with Gasteiger partial charge in [0.15, 0.2) is 5.88 Å². The minimum atomic E-state index is -0.282. The van der Waals surface area contributed by atoms with Gasteiger partial charge in [0.05, 0.1) is 0 Å². The molecule has 0 spiro atoms. The van der Waals surface area contributed by atoms with Gasteiger partial charge in [0.1, 0.15) is 5.75 Å². The maximum atomic E-state index is 11.8. The Bertz CT molecular complexity index is 1170. The van der Waals surface area contributed by atoms with Gasteiger partial charge < -0.3 is 10.2 Å². The van der Waals surface area contributed by atoms with Crippen LogP contribution in [0.4, 0.5) is 0 Å². The molecule has 0 saturated heterocycles. The Morgan fingerprint density at radius 2 is 1.83 bits per heavy atom. The highest BCUT2D eigenvalue weighted by molar-refractivity contribution is 5.95. The molecule has 2 aromatic carbocycles. The number of hydrogen-bond donors (Lipinski definition) is 3. The number of phenolic OH excluding ortho intramolecular Hbond substituents is 1. The van der Waals surface area contributed by atoms with Gasteiger partial charge in [-0.25, -0.2) is 0 Å². The number of pyridine rings is 1. The molecule has 1 aliphatic carbocycles. The lowest BCUT2D eigenvalue weighted by molar-refractivity contribution is 0.450. The molecule has 1 aliphatic rings. The third kappa shape index (κ3) is 2.38. The summed E-state index contributed by atoms with van der Waals surface area (Å²) >= 11 is 0. The fourth-order valence-corrected chi connectivity index (χ4v) is 3.12. The number of benzene rings is 2. The minimum Gasteiger partial charge on any atom is -0.507 e. The summed E-state index contributed by atoms with van der Waals surface area (Å²) in [6.07, 6.45) is 6.45. The second-order valence-electron chi connectivity index (χ2n) is 5.84. The Morgan fingerprint density at radius 1 is 1.04 bits per heavy atom. The highest BCUT2D eigenvalue weighted by Crippen LogP contribution is 2.29. The van der Waals surface area contributed by atoms with Crippen LogP contribution >= 0.6 is 0 Å². The fourth-order valence-electron chi connectivity index (χ4n) is 3.12. The van der Waals surface area contributed by atoms with E-state index in [1.807, 2.05) is 48.6 Å². The lowest BCUT2D eigenvalue weighted by atomic mass is 9.98. The summed E-state index contributed by atoms with van der Waals surface area (Å²) in [7, 11) is 0. The molecule has 3 aromatic rings. The third-order valence-corrected chi connectivity index (χ3v) is 4.25. The summed E-state index contributed by atoms with van der Waals surface area (Å²) in [6.45, 7) is 0. The van der Waals surface area contributed by atoms with Crippen LogP contribution in [0.25, 0.3) is 29.0 Å². The quantitative estimate of drug-likeness (QED) is 0.642. The van der Waals surface area contributed by atoms with Crippen LogP contribution < -0.4 is 16.0 Å². The Morgan fingerprint density at radius 3 is 2.67 bits per heavy atom. The van der Waals surface area contributed by atoms with Crippen molar-refractivity contribution in [1.82, 2.24) is 4.98 Å². The summed E-state index contributed by atoms with van der Waals surface area (Å²) in [6, 6.07) is 12.8. The van der Waals surface area contributed by atoms with Crippen LogP contribution in [-0.2, 0) is 0 Å². The number of phenols is 1. The first-order valence-corrected chi connectivity index (χ1v) is 7.67. The van der Waals surface area contributed by atoms with Gasteiger partial charge in [0.2, 0.25) is 0 Å². The van der Waals surface area contributed by atoms with Crippen LogP contribution in [0.2, 0.25) is 0 Å². The predicted octanol–water partition coefficient (Wildman–Crippen LogP) is 1.99. The molecular weight excluding hydrogens is 302 g/mol. The molecule has 0 atom stereocenters. The maximum Gasteiger partial charge on any atom is 0.258 e. The molecule has 24 heavy (non-hydrogen) atoms. The molecular formula is C20H15NO3. The Hall–Kier alpha value is -3.27. The first kappa shape index (κ1) is 14.3. The van der Waals surface area contributed by atoms with Crippen molar-refractivity contribution in [2.24, 2.45) is 0 Å². The van der Waals surface area contributed by atoms with Gasteiger partial charge in [0, 0.05) is 16.7 Å². The van der Waals surface area contributed by atoms with Crippen molar-refractivity contribution in [3.63, 3.8) is 0 Å². The van der Waals surface area contributed by atoms with E-state index < -0.39 is 0 Å². The average molecular weight is 317 g/mol. The number of H-pyrrole nitrogens is 1. The van der Waals surface area contributed by atoms with Gasteiger partial charge in [-0.3, -0.25) is 9.78 Å². The number of allylic oxidation sites excluding steroid dienone is 1. The molecule has 0 unspecified atom stereocenters. The van der Waals surface area contributed by atoms with Crippen LogP contribution in [0.15, 0.2) is 52.8 Å². The highest BCUT2D eigenvalue weighted by Gasteiger charge is 2.06. The first-order chi connectivity index (χ1) is 11.6. The number of fused-ring (bicyclic) bond motifs is 2. The van der Waals surface area contributed by atoms with Gasteiger partial charge in [-0.05, 0) is 34.2 Å². The highest BCUT2D eigenvalue weighted by atomic mass is 16.3. The van der Waals surface area contributed by atoms with Crippen molar-refractivity contribution in [3.05, 3.63) is 74.4 Å². The van der Waals surface area contributed by atoms with E-state index in [9.17, 15) is 15.0 Å². The molecule has 4 heteroatoms. The predicted molar refractivity (Wildman–Crippen MR) is 95.1 cm³/mol. The number of nitrogens with one attached hydrogen (secondary N) is 1. The van der Waals surface area contributed by atoms with Gasteiger partial charge in [-0.15, -0.1) is 0 Å². The SMILES string of the molecule is O=c1[nH]c(O)cc2c1=CCC(=Cc1ccc(O)c3ccccc13)C=2. The smallest absolute Gasteiger partial charge is 0.258 e. The van der Waals surface area contributed by atoms with E-state index in [-0.39, 0.29) is 17.2 Å². The Labute approximate surface area is 137 Å². The van der Waals surface area contributed by atoms with Crippen molar-refractivity contribution in [2.45, 2.75) is 6.42 Å². The zero-order chi connectivity index (χ0) is 16.7. The Balaban J connectivity index is 1.90. The molecule has 4 nitrogen and oxygen atoms in total. The van der Waals surface area contributed by atoms with Gasteiger partial charge in [-0.2, -0.15) is 0 Å². The minimum absolute atomic E-state index is 0.139.